The number of fused-ring (bicyclic) bond motifs is 1. The molecule has 0 amide bonds. The van der Waals surface area contributed by atoms with Gasteiger partial charge in [0.15, 0.2) is 0 Å². The van der Waals surface area contributed by atoms with Crippen molar-refractivity contribution in [3.63, 3.8) is 0 Å². The Morgan fingerprint density at radius 2 is 0.761 bits per heavy atom. The van der Waals surface area contributed by atoms with E-state index in [4.69, 9.17) is 11.9 Å². The summed E-state index contributed by atoms with van der Waals surface area (Å²) in [5, 5.41) is 0.261. The van der Waals surface area contributed by atoms with Crippen molar-refractivity contribution in [2.45, 2.75) is 77.0 Å². The fraction of sp³-hybridized carbons (Fsp3) is 0.677. The average Bonchev–Trinajstić information content (AvgIpc) is 3.03. The van der Waals surface area contributed by atoms with Gasteiger partial charge in [0.1, 0.15) is 0 Å². The molecule has 0 spiro atoms. The molecule has 15 heteroatoms. The van der Waals surface area contributed by atoms with Gasteiger partial charge in [-0.15, -0.1) is 0 Å². The van der Waals surface area contributed by atoms with Gasteiger partial charge >= 0.3 is 282 Å². The van der Waals surface area contributed by atoms with Gasteiger partial charge in [-0.05, 0) is 0 Å². The van der Waals surface area contributed by atoms with Gasteiger partial charge in [-0.25, -0.2) is 0 Å². The Bertz CT molecular complexity index is 1740. The molecule has 2 rings (SSSR count). The number of benzene rings is 2. The molecule has 0 aliphatic heterocycles. The van der Waals surface area contributed by atoms with Crippen LogP contribution in [-0.4, -0.2) is 101 Å². The Labute approximate surface area is 280 Å². The van der Waals surface area contributed by atoms with Gasteiger partial charge in [-0.3, -0.25) is 0 Å². The maximum atomic E-state index is 14.2. The molecular weight excluding hydrogens is 705 g/mol. The minimum absolute atomic E-state index is 0.110. The molecule has 0 saturated heterocycles. The molecule has 0 atom stereocenters. The second-order valence-corrected chi connectivity index (χ2v) is 38.5. The van der Waals surface area contributed by atoms with Crippen molar-refractivity contribution < 1.29 is 37.2 Å². The van der Waals surface area contributed by atoms with Crippen LogP contribution in [0, 0.1) is 0 Å². The van der Waals surface area contributed by atoms with Gasteiger partial charge in [0.2, 0.25) is 0 Å². The van der Waals surface area contributed by atoms with Gasteiger partial charge in [-0.1, -0.05) is 0 Å². The van der Waals surface area contributed by atoms with Crippen LogP contribution in [-0.2, 0) is 42.3 Å². The summed E-state index contributed by atoms with van der Waals surface area (Å²) in [6.45, 7) is 13.4. The predicted molar refractivity (Wildman–Crippen MR) is 202 cm³/mol. The molecule has 2 aromatic carbocycles. The van der Waals surface area contributed by atoms with Gasteiger partial charge in [0.25, 0.3) is 0 Å². The van der Waals surface area contributed by atoms with Crippen LogP contribution in [0.2, 0.25) is 0 Å². The van der Waals surface area contributed by atoms with E-state index in [1.165, 1.54) is 24.3 Å². The first-order valence-electron chi connectivity index (χ1n) is 16.4. The van der Waals surface area contributed by atoms with Crippen LogP contribution in [0.4, 0.5) is 0 Å². The predicted octanol–water partition coefficient (Wildman–Crippen LogP) is 8.43. The molecule has 0 aliphatic rings. The second-order valence-electron chi connectivity index (χ2n) is 13.8. The van der Waals surface area contributed by atoms with Crippen LogP contribution in [0.1, 0.15) is 62.3 Å². The third kappa shape index (κ3) is 8.02. The van der Waals surface area contributed by atoms with Crippen molar-refractivity contribution in [2.75, 3.05) is 75.5 Å². The molecule has 0 unspecified atom stereocenters. The molecule has 0 bridgehead atoms. The summed E-state index contributed by atoms with van der Waals surface area (Å²) in [4.78, 5) is -0.881. The first-order chi connectivity index (χ1) is 20.9. The van der Waals surface area contributed by atoms with Crippen molar-refractivity contribution >= 4 is 61.6 Å². The Balaban J connectivity index is 3.03. The zero-order valence-electron chi connectivity index (χ0n) is 30.0. The van der Waals surface area contributed by atoms with Crippen LogP contribution >= 0.6 is 20.5 Å². The molecule has 0 saturated carbocycles. The monoisotopic (exact) mass is 764 g/mol. The zero-order chi connectivity index (χ0) is 35.7. The zero-order valence-corrected chi connectivity index (χ0v) is 35.1. The third-order valence-electron chi connectivity index (χ3n) is 11.7. The van der Waals surface area contributed by atoms with E-state index in [9.17, 15) is 25.3 Å². The summed E-state index contributed by atoms with van der Waals surface area (Å²) in [7, 11) is -13.3. The van der Waals surface area contributed by atoms with Gasteiger partial charge in [-0.2, -0.15) is 0 Å². The minimum atomic E-state index is -4.52. The fourth-order valence-electron chi connectivity index (χ4n) is 5.33. The summed E-state index contributed by atoms with van der Waals surface area (Å²) < 4.78 is 102. The molecular formula is C31H59O9P3S3. The summed E-state index contributed by atoms with van der Waals surface area (Å²) in [5.74, 6) is 0. The molecule has 0 N–H and O–H groups in total. The third-order valence-corrected chi connectivity index (χ3v) is 38.3. The van der Waals surface area contributed by atoms with Gasteiger partial charge in [0, 0.05) is 0 Å². The van der Waals surface area contributed by atoms with Crippen molar-refractivity contribution in [2.24, 2.45) is 0 Å². The molecule has 9 nitrogen and oxygen atoms in total. The van der Waals surface area contributed by atoms with Crippen molar-refractivity contribution in [1.29, 1.82) is 0 Å². The summed E-state index contributed by atoms with van der Waals surface area (Å²) in [6.07, 6.45) is 4.79. The number of rotatable bonds is 18. The van der Waals surface area contributed by atoms with Crippen molar-refractivity contribution in [1.82, 2.24) is 0 Å². The van der Waals surface area contributed by atoms with E-state index in [0.717, 1.165) is 6.07 Å². The molecule has 46 heavy (non-hydrogen) atoms. The Morgan fingerprint density at radius 1 is 0.457 bits per heavy atom. The van der Waals surface area contributed by atoms with E-state index in [2.05, 4.69) is 0 Å². The first-order valence-corrected chi connectivity index (χ1v) is 30.1. The SMILES string of the molecule is CCP(C)(CC)(CC)OS(=O)(=O)c1ccc2c(S(=O)(=O)OP(C)(CC)(CC)CC)cc(S(=O)(=O)OP(C)(CC)(CC)CC)cc2c1. The second kappa shape index (κ2) is 13.5. The topological polar surface area (TPSA) is 130 Å². The Kier molecular flexibility index (Phi) is 12.2. The van der Waals surface area contributed by atoms with Crippen molar-refractivity contribution in [3.05, 3.63) is 30.3 Å². The first kappa shape index (κ1) is 41.9. The van der Waals surface area contributed by atoms with E-state index in [1.807, 2.05) is 82.3 Å². The van der Waals surface area contributed by atoms with Crippen LogP contribution in [0.15, 0.2) is 45.0 Å². The van der Waals surface area contributed by atoms with E-state index < -0.39 is 50.8 Å². The van der Waals surface area contributed by atoms with E-state index in [0.29, 0.717) is 55.5 Å². The molecule has 0 fully saturated rings. The molecule has 270 valence electrons. The van der Waals surface area contributed by atoms with E-state index in [-0.39, 0.29) is 25.5 Å². The molecule has 2 aromatic rings. The summed E-state index contributed by atoms with van der Waals surface area (Å²) in [5.41, 5.74) is 0. The van der Waals surface area contributed by atoms with Crippen LogP contribution in [0.5, 0.6) is 0 Å². The van der Waals surface area contributed by atoms with Gasteiger partial charge < -0.3 is 0 Å². The van der Waals surface area contributed by atoms with E-state index in [1.54, 1.807) is 0 Å². The van der Waals surface area contributed by atoms with Gasteiger partial charge in [0.05, 0.1) is 0 Å². The number of hydrogen-bond acceptors (Lipinski definition) is 9. The molecule has 0 aliphatic carbocycles. The Morgan fingerprint density at radius 3 is 1.11 bits per heavy atom. The number of hydrogen-bond donors (Lipinski definition) is 0. The van der Waals surface area contributed by atoms with Crippen LogP contribution in [0.3, 0.4) is 0 Å². The molecule has 0 heterocycles. The van der Waals surface area contributed by atoms with Crippen molar-refractivity contribution in [3.8, 4) is 0 Å². The Hall–Kier alpha value is -0.280. The average molecular weight is 765 g/mol. The van der Waals surface area contributed by atoms with E-state index >= 15 is 0 Å². The van der Waals surface area contributed by atoms with Crippen LogP contribution < -0.4 is 0 Å². The summed E-state index contributed by atoms with van der Waals surface area (Å²) in [6, 6.07) is 6.40. The summed E-state index contributed by atoms with van der Waals surface area (Å²) >= 11 is 0. The molecule has 0 aromatic heterocycles. The maximum absolute atomic E-state index is 14.2. The fourth-order valence-corrected chi connectivity index (χ4v) is 23.3. The molecule has 0 radical (unpaired) electrons. The standard InChI is InChI=1S/C31H59O9P3S3/c1-13-41(10,14-2,15-3)38-44(32,33)28-22-23-30-27(24-28)25-29(45(34,35)39-42(11,16-4,17-5)18-6)26-31(30)46(36,37)40-43(12,19-7,20-8)21-9/h22-26H,13-21H2,1-12H3. The quantitative estimate of drug-likeness (QED) is 0.137. The van der Waals surface area contributed by atoms with Crippen LogP contribution in [0.25, 0.3) is 10.8 Å². The normalized spacial score (nSPS) is 16.7.